The van der Waals surface area contributed by atoms with Gasteiger partial charge in [-0.2, -0.15) is 4.98 Å². The Labute approximate surface area is 128 Å². The molecule has 108 valence electrons. The van der Waals surface area contributed by atoms with Gasteiger partial charge in [0.15, 0.2) is 5.82 Å². The summed E-state index contributed by atoms with van der Waals surface area (Å²) in [4.78, 5) is 4.40. The Balaban J connectivity index is 2.05. The van der Waals surface area contributed by atoms with Gasteiger partial charge in [-0.1, -0.05) is 41.3 Å². The number of hydrogen-bond donors (Lipinski definition) is 1. The first kappa shape index (κ1) is 15.3. The Hall–Kier alpha value is -1.10. The number of hydrogen-bond acceptors (Lipinski definition) is 4. The molecule has 4 nitrogen and oxygen atoms in total. The molecular formula is C14H17Cl2N3O. The van der Waals surface area contributed by atoms with Crippen molar-refractivity contribution >= 4 is 23.2 Å². The molecule has 0 amide bonds. The summed E-state index contributed by atoms with van der Waals surface area (Å²) in [6.07, 6.45) is 2.28. The lowest BCUT2D eigenvalue weighted by molar-refractivity contribution is 0.355. The minimum Gasteiger partial charge on any atom is -0.339 e. The first-order valence-electron chi connectivity index (χ1n) is 6.55. The van der Waals surface area contributed by atoms with E-state index in [2.05, 4.69) is 22.4 Å². The molecule has 1 atom stereocenters. The monoisotopic (exact) mass is 313 g/mol. The summed E-state index contributed by atoms with van der Waals surface area (Å²) in [6.45, 7) is 2.12. The molecule has 0 saturated heterocycles. The van der Waals surface area contributed by atoms with E-state index in [9.17, 15) is 0 Å². The summed E-state index contributed by atoms with van der Waals surface area (Å²) in [6, 6.07) is 5.75. The SMILES string of the molecule is CCC(Cc1nc(Cc2ccc(Cl)cc2Cl)no1)NC. The van der Waals surface area contributed by atoms with Crippen LogP contribution in [0.1, 0.15) is 30.6 Å². The van der Waals surface area contributed by atoms with Gasteiger partial charge >= 0.3 is 0 Å². The Morgan fingerprint density at radius 3 is 2.80 bits per heavy atom. The molecule has 1 aromatic carbocycles. The fourth-order valence-electron chi connectivity index (χ4n) is 1.94. The number of rotatable bonds is 6. The second-order valence-corrected chi connectivity index (χ2v) is 5.46. The van der Waals surface area contributed by atoms with Gasteiger partial charge in [-0.15, -0.1) is 0 Å². The van der Waals surface area contributed by atoms with Crippen molar-refractivity contribution < 1.29 is 4.52 Å². The maximum Gasteiger partial charge on any atom is 0.228 e. The first-order chi connectivity index (χ1) is 9.62. The molecule has 0 spiro atoms. The van der Waals surface area contributed by atoms with E-state index in [1.807, 2.05) is 13.1 Å². The minimum absolute atomic E-state index is 0.349. The van der Waals surface area contributed by atoms with E-state index in [4.69, 9.17) is 27.7 Å². The van der Waals surface area contributed by atoms with E-state index in [1.54, 1.807) is 12.1 Å². The first-order valence-corrected chi connectivity index (χ1v) is 7.30. The summed E-state index contributed by atoms with van der Waals surface area (Å²) in [5.41, 5.74) is 0.934. The Kier molecular flexibility index (Phi) is 5.40. The zero-order valence-electron chi connectivity index (χ0n) is 11.5. The van der Waals surface area contributed by atoms with Crippen molar-refractivity contribution in [1.29, 1.82) is 0 Å². The second kappa shape index (κ2) is 7.07. The van der Waals surface area contributed by atoms with Gasteiger partial charge in [-0.05, 0) is 31.2 Å². The normalized spacial score (nSPS) is 12.6. The molecule has 0 bridgehead atoms. The molecule has 0 aliphatic rings. The van der Waals surface area contributed by atoms with Gasteiger partial charge in [0, 0.05) is 28.9 Å². The van der Waals surface area contributed by atoms with Crippen LogP contribution < -0.4 is 5.32 Å². The van der Waals surface area contributed by atoms with Crippen LogP contribution in [0.5, 0.6) is 0 Å². The molecule has 1 heterocycles. The van der Waals surface area contributed by atoms with Gasteiger partial charge in [0.2, 0.25) is 5.89 Å². The van der Waals surface area contributed by atoms with E-state index in [1.165, 1.54) is 0 Å². The third-order valence-corrected chi connectivity index (χ3v) is 3.78. The van der Waals surface area contributed by atoms with Crippen LogP contribution in [0, 0.1) is 0 Å². The average molecular weight is 314 g/mol. The largest absolute Gasteiger partial charge is 0.339 e. The zero-order valence-corrected chi connectivity index (χ0v) is 13.0. The molecule has 0 saturated carbocycles. The number of nitrogens with zero attached hydrogens (tertiary/aromatic N) is 2. The number of likely N-dealkylation sites (N-methyl/N-ethyl adjacent to an activating group) is 1. The highest BCUT2D eigenvalue weighted by Gasteiger charge is 2.13. The molecule has 6 heteroatoms. The highest BCUT2D eigenvalue weighted by Crippen LogP contribution is 2.22. The molecule has 1 unspecified atom stereocenters. The topological polar surface area (TPSA) is 51.0 Å². The number of nitrogens with one attached hydrogen (secondary N) is 1. The summed E-state index contributed by atoms with van der Waals surface area (Å²) < 4.78 is 5.26. The number of aromatic nitrogens is 2. The maximum atomic E-state index is 6.13. The lowest BCUT2D eigenvalue weighted by atomic mass is 10.1. The maximum absolute atomic E-state index is 6.13. The Morgan fingerprint density at radius 2 is 2.15 bits per heavy atom. The number of halogens is 2. The van der Waals surface area contributed by atoms with Crippen LogP contribution in [0.4, 0.5) is 0 Å². The summed E-state index contributed by atoms with van der Waals surface area (Å²) in [7, 11) is 1.93. The van der Waals surface area contributed by atoms with Gasteiger partial charge < -0.3 is 9.84 Å². The quantitative estimate of drug-likeness (QED) is 0.886. The standard InChI is InChI=1S/C14H17Cl2N3O/c1-3-11(17-2)8-14-18-13(19-20-14)6-9-4-5-10(15)7-12(9)16/h4-5,7,11,17H,3,6,8H2,1-2H3. The predicted molar refractivity (Wildman–Crippen MR) is 80.4 cm³/mol. The highest BCUT2D eigenvalue weighted by molar-refractivity contribution is 6.35. The van der Waals surface area contributed by atoms with Crippen LogP contribution >= 0.6 is 23.2 Å². The smallest absolute Gasteiger partial charge is 0.228 e. The molecule has 1 N–H and O–H groups in total. The summed E-state index contributed by atoms with van der Waals surface area (Å²) >= 11 is 12.0. The zero-order chi connectivity index (χ0) is 14.5. The molecular weight excluding hydrogens is 297 g/mol. The van der Waals surface area contributed by atoms with Crippen molar-refractivity contribution in [3.05, 3.63) is 45.5 Å². The van der Waals surface area contributed by atoms with Crippen molar-refractivity contribution in [2.45, 2.75) is 32.2 Å². The number of benzene rings is 1. The van der Waals surface area contributed by atoms with E-state index < -0.39 is 0 Å². The van der Waals surface area contributed by atoms with Crippen LogP contribution in [0.2, 0.25) is 10.0 Å². The molecule has 1 aromatic heterocycles. The molecule has 2 rings (SSSR count). The van der Waals surface area contributed by atoms with Crippen LogP contribution in [0.25, 0.3) is 0 Å². The molecule has 0 fully saturated rings. The van der Waals surface area contributed by atoms with Gasteiger partial charge in [0.1, 0.15) is 0 Å². The van der Waals surface area contributed by atoms with E-state index in [0.29, 0.717) is 34.2 Å². The Bertz CT molecular complexity index is 567. The lowest BCUT2D eigenvalue weighted by Gasteiger charge is -2.09. The summed E-state index contributed by atoms with van der Waals surface area (Å²) in [5, 5.41) is 8.44. The van der Waals surface area contributed by atoms with Crippen molar-refractivity contribution in [2.75, 3.05) is 7.05 Å². The molecule has 0 radical (unpaired) electrons. The summed E-state index contributed by atoms with van der Waals surface area (Å²) in [5.74, 6) is 1.28. The van der Waals surface area contributed by atoms with Crippen molar-refractivity contribution in [1.82, 2.24) is 15.5 Å². The lowest BCUT2D eigenvalue weighted by Crippen LogP contribution is -2.26. The van der Waals surface area contributed by atoms with Crippen molar-refractivity contribution in [2.24, 2.45) is 0 Å². The van der Waals surface area contributed by atoms with Crippen LogP contribution in [0.3, 0.4) is 0 Å². The van der Waals surface area contributed by atoms with E-state index >= 15 is 0 Å². The third-order valence-electron chi connectivity index (χ3n) is 3.20. The van der Waals surface area contributed by atoms with Crippen molar-refractivity contribution in [3.8, 4) is 0 Å². The van der Waals surface area contributed by atoms with E-state index in [-0.39, 0.29) is 0 Å². The fraction of sp³-hybridized carbons (Fsp3) is 0.429. The van der Waals surface area contributed by atoms with Gasteiger partial charge in [-0.25, -0.2) is 0 Å². The average Bonchev–Trinajstić information content (AvgIpc) is 2.86. The van der Waals surface area contributed by atoms with Crippen molar-refractivity contribution in [3.63, 3.8) is 0 Å². The fourth-order valence-corrected chi connectivity index (χ4v) is 2.42. The third kappa shape index (κ3) is 3.95. The minimum atomic E-state index is 0.349. The predicted octanol–water partition coefficient (Wildman–Crippen LogP) is 3.51. The van der Waals surface area contributed by atoms with Gasteiger partial charge in [0.25, 0.3) is 0 Å². The van der Waals surface area contributed by atoms with Crippen LogP contribution in [-0.4, -0.2) is 23.2 Å². The van der Waals surface area contributed by atoms with Crippen LogP contribution in [-0.2, 0) is 12.8 Å². The Morgan fingerprint density at radius 1 is 1.35 bits per heavy atom. The molecule has 2 aromatic rings. The molecule has 0 aliphatic carbocycles. The van der Waals surface area contributed by atoms with Gasteiger partial charge in [-0.3, -0.25) is 0 Å². The van der Waals surface area contributed by atoms with Gasteiger partial charge in [0.05, 0.1) is 0 Å². The second-order valence-electron chi connectivity index (χ2n) is 4.61. The molecule has 20 heavy (non-hydrogen) atoms. The molecule has 0 aliphatic heterocycles. The van der Waals surface area contributed by atoms with Crippen LogP contribution in [0.15, 0.2) is 22.7 Å². The van der Waals surface area contributed by atoms with E-state index in [0.717, 1.165) is 18.4 Å². The highest BCUT2D eigenvalue weighted by atomic mass is 35.5.